The lowest BCUT2D eigenvalue weighted by molar-refractivity contribution is -0.120. The van der Waals surface area contributed by atoms with Gasteiger partial charge in [-0.15, -0.1) is 0 Å². The summed E-state index contributed by atoms with van der Waals surface area (Å²) in [6.07, 6.45) is 5.18. The molecule has 0 spiro atoms. The summed E-state index contributed by atoms with van der Waals surface area (Å²) in [6, 6.07) is 3.79. The lowest BCUT2D eigenvalue weighted by atomic mass is 10.1. The van der Waals surface area contributed by atoms with Crippen LogP contribution in [0.4, 0.5) is 5.82 Å². The Balaban J connectivity index is 1.91. The van der Waals surface area contributed by atoms with Gasteiger partial charge in [0.25, 0.3) is 0 Å². The highest BCUT2D eigenvalue weighted by Gasteiger charge is 2.28. The molecule has 14 heavy (non-hydrogen) atoms. The summed E-state index contributed by atoms with van der Waals surface area (Å²) in [4.78, 5) is 15.4. The molecule has 0 aromatic carbocycles. The van der Waals surface area contributed by atoms with Crippen LogP contribution in [-0.2, 0) is 11.2 Å². The largest absolute Gasteiger partial charge is 0.383 e. The second-order valence-electron chi connectivity index (χ2n) is 3.79. The molecule has 0 saturated heterocycles. The lowest BCUT2D eigenvalue weighted by Gasteiger charge is -2.02. The Hall–Kier alpha value is -1.38. The van der Waals surface area contributed by atoms with E-state index in [1.165, 1.54) is 0 Å². The van der Waals surface area contributed by atoms with E-state index in [9.17, 15) is 4.79 Å². The van der Waals surface area contributed by atoms with E-state index >= 15 is 0 Å². The Morgan fingerprint density at radius 2 is 2.36 bits per heavy atom. The molecule has 0 bridgehead atoms. The molecule has 0 radical (unpaired) electrons. The van der Waals surface area contributed by atoms with Crippen LogP contribution in [0.1, 0.15) is 24.8 Å². The number of aryl methyl sites for hydroxylation is 1. The fraction of sp³-hybridized carbons (Fsp3) is 0.455. The van der Waals surface area contributed by atoms with Crippen LogP contribution >= 0.6 is 0 Å². The van der Waals surface area contributed by atoms with Crippen molar-refractivity contribution in [1.82, 2.24) is 4.98 Å². The van der Waals surface area contributed by atoms with Crippen molar-refractivity contribution in [3.05, 3.63) is 23.9 Å². The number of carbonyl (C=O) groups is 1. The monoisotopic (exact) mass is 190 g/mol. The van der Waals surface area contributed by atoms with Gasteiger partial charge in [-0.05, 0) is 30.9 Å². The molecule has 3 nitrogen and oxygen atoms in total. The van der Waals surface area contributed by atoms with E-state index in [1.807, 2.05) is 12.1 Å². The summed E-state index contributed by atoms with van der Waals surface area (Å²) < 4.78 is 0. The fourth-order valence-corrected chi connectivity index (χ4v) is 1.53. The van der Waals surface area contributed by atoms with Gasteiger partial charge in [0.05, 0.1) is 0 Å². The van der Waals surface area contributed by atoms with Gasteiger partial charge in [0.15, 0.2) is 0 Å². The van der Waals surface area contributed by atoms with Crippen molar-refractivity contribution < 1.29 is 4.79 Å². The number of nitrogens with two attached hydrogens (primary N) is 1. The number of nitrogen functional groups attached to an aromatic ring is 1. The smallest absolute Gasteiger partial charge is 0.136 e. The molecule has 0 aliphatic heterocycles. The normalized spacial score (nSPS) is 15.4. The SMILES string of the molecule is Nc1ncccc1CCC(=O)C1CC1. The third-order valence-electron chi connectivity index (χ3n) is 2.60. The lowest BCUT2D eigenvalue weighted by Crippen LogP contribution is -2.04. The second-order valence-corrected chi connectivity index (χ2v) is 3.79. The molecule has 1 saturated carbocycles. The highest BCUT2D eigenvalue weighted by atomic mass is 16.1. The maximum atomic E-state index is 11.4. The molecule has 0 unspecified atom stereocenters. The Bertz CT molecular complexity index is 345. The molecule has 0 atom stereocenters. The quantitative estimate of drug-likeness (QED) is 0.784. The van der Waals surface area contributed by atoms with Crippen molar-refractivity contribution in [2.75, 3.05) is 5.73 Å². The van der Waals surface area contributed by atoms with Gasteiger partial charge in [0.2, 0.25) is 0 Å². The number of aromatic nitrogens is 1. The van der Waals surface area contributed by atoms with E-state index in [0.717, 1.165) is 24.8 Å². The first kappa shape index (κ1) is 9.19. The van der Waals surface area contributed by atoms with Gasteiger partial charge in [-0.2, -0.15) is 0 Å². The van der Waals surface area contributed by atoms with E-state index in [1.54, 1.807) is 6.20 Å². The molecule has 2 N–H and O–H groups in total. The number of nitrogens with zero attached hydrogens (tertiary/aromatic N) is 1. The number of carbonyl (C=O) groups excluding carboxylic acids is 1. The van der Waals surface area contributed by atoms with E-state index in [4.69, 9.17) is 5.73 Å². The zero-order valence-corrected chi connectivity index (χ0v) is 8.07. The van der Waals surface area contributed by atoms with Crippen LogP contribution in [0.15, 0.2) is 18.3 Å². The molecule has 1 aromatic rings. The maximum absolute atomic E-state index is 11.4. The Labute approximate surface area is 83.3 Å². The average Bonchev–Trinajstić information content (AvgIpc) is 2.99. The molecule has 1 heterocycles. The van der Waals surface area contributed by atoms with Crippen LogP contribution in [-0.4, -0.2) is 10.8 Å². The van der Waals surface area contributed by atoms with E-state index < -0.39 is 0 Å². The van der Waals surface area contributed by atoms with Gasteiger partial charge in [0, 0.05) is 18.5 Å². The number of pyridine rings is 1. The number of hydrogen-bond donors (Lipinski definition) is 1. The Morgan fingerprint density at radius 3 is 3.00 bits per heavy atom. The number of rotatable bonds is 4. The number of ketones is 1. The molecule has 1 aliphatic rings. The highest BCUT2D eigenvalue weighted by Crippen LogP contribution is 2.31. The van der Waals surface area contributed by atoms with Crippen LogP contribution in [0.5, 0.6) is 0 Å². The van der Waals surface area contributed by atoms with Crippen LogP contribution in [0.3, 0.4) is 0 Å². The van der Waals surface area contributed by atoms with Crippen LogP contribution in [0, 0.1) is 5.92 Å². The third kappa shape index (κ3) is 2.10. The molecule has 3 heteroatoms. The van der Waals surface area contributed by atoms with E-state index in [-0.39, 0.29) is 0 Å². The summed E-state index contributed by atoms with van der Waals surface area (Å²) in [7, 11) is 0. The van der Waals surface area contributed by atoms with Crippen molar-refractivity contribution >= 4 is 11.6 Å². The summed E-state index contributed by atoms with van der Waals surface area (Å²) >= 11 is 0. The molecule has 0 amide bonds. The van der Waals surface area contributed by atoms with E-state index in [0.29, 0.717) is 23.9 Å². The topological polar surface area (TPSA) is 56.0 Å². The van der Waals surface area contributed by atoms with Crippen molar-refractivity contribution in [2.24, 2.45) is 5.92 Å². The van der Waals surface area contributed by atoms with Crippen LogP contribution in [0.2, 0.25) is 0 Å². The summed E-state index contributed by atoms with van der Waals surface area (Å²) in [5.41, 5.74) is 6.66. The molecule has 2 rings (SSSR count). The molecule has 74 valence electrons. The first-order valence-electron chi connectivity index (χ1n) is 4.99. The number of Topliss-reactive ketones (excluding diaryl/α,β-unsaturated/α-hetero) is 1. The summed E-state index contributed by atoms with van der Waals surface area (Å²) in [6.45, 7) is 0. The Kier molecular flexibility index (Phi) is 2.48. The number of hydrogen-bond acceptors (Lipinski definition) is 3. The van der Waals surface area contributed by atoms with Crippen molar-refractivity contribution in [1.29, 1.82) is 0 Å². The molecule has 1 aliphatic carbocycles. The van der Waals surface area contributed by atoms with Crippen molar-refractivity contribution in [3.63, 3.8) is 0 Å². The van der Waals surface area contributed by atoms with Gasteiger partial charge < -0.3 is 5.73 Å². The van der Waals surface area contributed by atoms with Gasteiger partial charge >= 0.3 is 0 Å². The van der Waals surface area contributed by atoms with Crippen LogP contribution in [0.25, 0.3) is 0 Å². The predicted molar refractivity (Wildman–Crippen MR) is 54.7 cm³/mol. The molecule has 1 aromatic heterocycles. The molecular formula is C11H14N2O. The van der Waals surface area contributed by atoms with E-state index in [2.05, 4.69) is 4.98 Å². The first-order chi connectivity index (χ1) is 6.77. The third-order valence-corrected chi connectivity index (χ3v) is 2.60. The highest BCUT2D eigenvalue weighted by molar-refractivity contribution is 5.83. The standard InChI is InChI=1S/C11H14N2O/c12-11-9(2-1-7-13-11)5-6-10(14)8-3-4-8/h1-2,7-8H,3-6H2,(H2,12,13). The Morgan fingerprint density at radius 1 is 1.57 bits per heavy atom. The van der Waals surface area contributed by atoms with Gasteiger partial charge in [-0.3, -0.25) is 4.79 Å². The maximum Gasteiger partial charge on any atom is 0.136 e. The van der Waals surface area contributed by atoms with Crippen molar-refractivity contribution in [3.8, 4) is 0 Å². The molecular weight excluding hydrogens is 176 g/mol. The van der Waals surface area contributed by atoms with Gasteiger partial charge in [-0.1, -0.05) is 6.07 Å². The zero-order valence-electron chi connectivity index (χ0n) is 8.07. The van der Waals surface area contributed by atoms with Gasteiger partial charge in [0.1, 0.15) is 11.6 Å². The summed E-state index contributed by atoms with van der Waals surface area (Å²) in [5.74, 6) is 1.29. The number of anilines is 1. The average molecular weight is 190 g/mol. The van der Waals surface area contributed by atoms with Crippen LogP contribution < -0.4 is 5.73 Å². The first-order valence-corrected chi connectivity index (χ1v) is 4.99. The minimum Gasteiger partial charge on any atom is -0.383 e. The minimum absolute atomic E-state index is 0.355. The van der Waals surface area contributed by atoms with Crippen molar-refractivity contribution in [2.45, 2.75) is 25.7 Å². The predicted octanol–water partition coefficient (Wildman–Crippen LogP) is 1.58. The molecule has 1 fully saturated rings. The fourth-order valence-electron chi connectivity index (χ4n) is 1.53. The zero-order chi connectivity index (χ0) is 9.97. The second kappa shape index (κ2) is 3.78. The van der Waals surface area contributed by atoms with Gasteiger partial charge in [-0.25, -0.2) is 4.98 Å². The summed E-state index contributed by atoms with van der Waals surface area (Å²) in [5, 5.41) is 0. The minimum atomic E-state index is 0.355.